The monoisotopic (exact) mass is 316 g/mol. The van der Waals surface area contributed by atoms with Crippen molar-refractivity contribution < 1.29 is 9.72 Å². The van der Waals surface area contributed by atoms with E-state index < -0.39 is 4.92 Å². The van der Waals surface area contributed by atoms with Crippen molar-refractivity contribution in [1.82, 2.24) is 5.32 Å². The van der Waals surface area contributed by atoms with Crippen molar-refractivity contribution in [2.24, 2.45) is 0 Å². The summed E-state index contributed by atoms with van der Waals surface area (Å²) in [4.78, 5) is 21.9. The Balaban J connectivity index is 1.86. The lowest BCUT2D eigenvalue weighted by atomic mass is 10.1. The van der Waals surface area contributed by atoms with Gasteiger partial charge < -0.3 is 5.32 Å². The fraction of sp³-hybridized carbons (Fsp3) is 0.0625. The largest absolute Gasteiger partial charge is 0.387 e. The van der Waals surface area contributed by atoms with Gasteiger partial charge in [0.05, 0.1) is 4.92 Å². The molecule has 0 amide bonds. The molecular weight excluding hydrogens is 304 g/mol. The van der Waals surface area contributed by atoms with Gasteiger partial charge in [-0.25, -0.2) is 0 Å². The number of carbonyl (C=O) groups excluding carboxylic acids is 1. The summed E-state index contributed by atoms with van der Waals surface area (Å²) in [6.07, 6.45) is 2.98. The predicted molar refractivity (Wildman–Crippen MR) is 84.9 cm³/mol. The molecule has 22 heavy (non-hydrogen) atoms. The van der Waals surface area contributed by atoms with Crippen LogP contribution in [0.2, 0.25) is 5.02 Å². The van der Waals surface area contributed by atoms with Crippen LogP contribution < -0.4 is 5.32 Å². The summed E-state index contributed by atoms with van der Waals surface area (Å²) in [5.74, 6) is -0.132. The minimum Gasteiger partial charge on any atom is -0.387 e. The second kappa shape index (κ2) is 7.38. The highest BCUT2D eigenvalue weighted by Gasteiger charge is 2.03. The van der Waals surface area contributed by atoms with Gasteiger partial charge in [-0.05, 0) is 29.8 Å². The average Bonchev–Trinajstić information content (AvgIpc) is 2.52. The first kappa shape index (κ1) is 15.7. The van der Waals surface area contributed by atoms with Gasteiger partial charge in [-0.2, -0.15) is 0 Å². The quantitative estimate of drug-likeness (QED) is 0.381. The summed E-state index contributed by atoms with van der Waals surface area (Å²) in [6.45, 7) is 0.475. The van der Waals surface area contributed by atoms with E-state index in [0.717, 1.165) is 5.56 Å². The summed E-state index contributed by atoms with van der Waals surface area (Å²) < 4.78 is 0. The number of nitro benzene ring substituents is 1. The molecule has 5 nitrogen and oxygen atoms in total. The molecular formula is C16H13ClN2O3. The smallest absolute Gasteiger partial charge is 0.269 e. The summed E-state index contributed by atoms with van der Waals surface area (Å²) >= 11 is 5.76. The molecule has 112 valence electrons. The maximum atomic E-state index is 11.8. The van der Waals surface area contributed by atoms with E-state index >= 15 is 0 Å². The Morgan fingerprint density at radius 2 is 1.77 bits per heavy atom. The zero-order chi connectivity index (χ0) is 15.9. The third-order valence-corrected chi connectivity index (χ3v) is 3.19. The van der Waals surface area contributed by atoms with E-state index in [4.69, 9.17) is 11.6 Å². The molecule has 6 heteroatoms. The molecule has 0 fully saturated rings. The molecule has 0 aliphatic carbocycles. The number of allylic oxidation sites excluding steroid dienone is 1. The Kier molecular flexibility index (Phi) is 5.27. The zero-order valence-electron chi connectivity index (χ0n) is 11.5. The number of nitro groups is 1. The number of hydrogen-bond donors (Lipinski definition) is 1. The van der Waals surface area contributed by atoms with Gasteiger partial charge in [0, 0.05) is 41.5 Å². The van der Waals surface area contributed by atoms with Crippen molar-refractivity contribution in [3.05, 3.63) is 87.1 Å². The van der Waals surface area contributed by atoms with Crippen molar-refractivity contribution in [2.75, 3.05) is 0 Å². The SMILES string of the molecule is O=C(C=CNCc1ccc([N+](=O)[O-])cc1)c1ccc(Cl)cc1. The van der Waals surface area contributed by atoms with Gasteiger partial charge in [-0.3, -0.25) is 14.9 Å². The standard InChI is InChI=1S/C16H13ClN2O3/c17-14-5-3-13(4-6-14)16(20)9-10-18-11-12-1-7-15(8-2-12)19(21)22/h1-10,18H,11H2. The first-order valence-corrected chi connectivity index (χ1v) is 6.87. The van der Waals surface area contributed by atoms with E-state index in [9.17, 15) is 14.9 Å². The van der Waals surface area contributed by atoms with E-state index in [1.165, 1.54) is 18.2 Å². The summed E-state index contributed by atoms with van der Waals surface area (Å²) in [5.41, 5.74) is 1.49. The lowest BCUT2D eigenvalue weighted by molar-refractivity contribution is -0.384. The first-order valence-electron chi connectivity index (χ1n) is 6.49. The fourth-order valence-corrected chi connectivity index (χ4v) is 1.88. The van der Waals surface area contributed by atoms with Crippen LogP contribution in [0, 0.1) is 10.1 Å². The minimum atomic E-state index is -0.443. The van der Waals surface area contributed by atoms with Crippen molar-refractivity contribution in [1.29, 1.82) is 0 Å². The van der Waals surface area contributed by atoms with E-state index in [0.29, 0.717) is 17.1 Å². The van der Waals surface area contributed by atoms with Gasteiger partial charge >= 0.3 is 0 Å². The molecule has 2 aromatic carbocycles. The summed E-state index contributed by atoms with van der Waals surface area (Å²) in [5, 5.41) is 14.1. The maximum absolute atomic E-state index is 11.8. The van der Waals surface area contributed by atoms with Crippen LogP contribution in [-0.2, 0) is 6.54 Å². The molecule has 1 N–H and O–H groups in total. The van der Waals surface area contributed by atoms with Gasteiger partial charge in [-0.15, -0.1) is 0 Å². The van der Waals surface area contributed by atoms with Gasteiger partial charge in [0.2, 0.25) is 0 Å². The first-order chi connectivity index (χ1) is 10.6. The van der Waals surface area contributed by atoms with Gasteiger partial charge in [0.1, 0.15) is 0 Å². The van der Waals surface area contributed by atoms with Crippen molar-refractivity contribution >= 4 is 23.1 Å². The predicted octanol–water partition coefficient (Wildman–Crippen LogP) is 3.73. The van der Waals surface area contributed by atoms with Crippen LogP contribution in [0.4, 0.5) is 5.69 Å². The summed E-state index contributed by atoms with van der Waals surface area (Å²) in [6, 6.07) is 12.9. The van der Waals surface area contributed by atoms with Gasteiger partial charge in [-0.1, -0.05) is 23.7 Å². The molecule has 0 unspecified atom stereocenters. The van der Waals surface area contributed by atoms with Gasteiger partial charge in [0.15, 0.2) is 5.78 Å². The van der Waals surface area contributed by atoms with Crippen LogP contribution in [0.25, 0.3) is 0 Å². The number of rotatable bonds is 6. The molecule has 0 radical (unpaired) electrons. The van der Waals surface area contributed by atoms with Crippen LogP contribution in [0.15, 0.2) is 60.8 Å². The topological polar surface area (TPSA) is 72.2 Å². The number of hydrogen-bond acceptors (Lipinski definition) is 4. The van der Waals surface area contributed by atoms with E-state index in [1.54, 1.807) is 42.6 Å². The van der Waals surface area contributed by atoms with Crippen molar-refractivity contribution in [2.45, 2.75) is 6.54 Å². The van der Waals surface area contributed by atoms with Gasteiger partial charge in [0.25, 0.3) is 5.69 Å². The minimum absolute atomic E-state index is 0.0530. The Labute approximate surface area is 132 Å². The molecule has 0 aliphatic rings. The van der Waals surface area contributed by atoms with E-state index in [-0.39, 0.29) is 11.5 Å². The second-order valence-corrected chi connectivity index (χ2v) is 4.95. The third kappa shape index (κ3) is 4.43. The zero-order valence-corrected chi connectivity index (χ0v) is 12.3. The van der Waals surface area contributed by atoms with Crippen LogP contribution >= 0.6 is 11.6 Å². The molecule has 2 rings (SSSR count). The molecule has 0 saturated heterocycles. The van der Waals surface area contributed by atoms with Crippen molar-refractivity contribution in [3.63, 3.8) is 0 Å². The number of nitrogens with zero attached hydrogens (tertiary/aromatic N) is 1. The third-order valence-electron chi connectivity index (χ3n) is 2.93. The average molecular weight is 317 g/mol. The lowest BCUT2D eigenvalue weighted by Gasteiger charge is -2.01. The Bertz CT molecular complexity index is 694. The number of ketones is 1. The second-order valence-electron chi connectivity index (χ2n) is 4.51. The molecule has 0 atom stereocenters. The number of halogens is 1. The number of non-ortho nitro benzene ring substituents is 1. The van der Waals surface area contributed by atoms with Crippen LogP contribution in [0.3, 0.4) is 0 Å². The Morgan fingerprint density at radius 3 is 2.36 bits per heavy atom. The maximum Gasteiger partial charge on any atom is 0.269 e. The highest BCUT2D eigenvalue weighted by Crippen LogP contribution is 2.12. The van der Waals surface area contributed by atoms with E-state index in [2.05, 4.69) is 5.32 Å². The molecule has 0 saturated carbocycles. The highest BCUT2D eigenvalue weighted by molar-refractivity contribution is 6.30. The number of benzene rings is 2. The Hall–Kier alpha value is -2.66. The van der Waals surface area contributed by atoms with E-state index in [1.807, 2.05) is 0 Å². The molecule has 2 aromatic rings. The van der Waals surface area contributed by atoms with Crippen LogP contribution in [0.5, 0.6) is 0 Å². The number of nitrogens with one attached hydrogen (secondary N) is 1. The normalized spacial score (nSPS) is 10.6. The fourth-order valence-electron chi connectivity index (χ4n) is 1.76. The molecule has 0 aromatic heterocycles. The number of carbonyl (C=O) groups is 1. The lowest BCUT2D eigenvalue weighted by Crippen LogP contribution is -2.06. The molecule has 0 heterocycles. The summed E-state index contributed by atoms with van der Waals surface area (Å²) in [7, 11) is 0. The van der Waals surface area contributed by atoms with Crippen LogP contribution in [0.1, 0.15) is 15.9 Å². The Morgan fingerprint density at radius 1 is 1.14 bits per heavy atom. The molecule has 0 bridgehead atoms. The highest BCUT2D eigenvalue weighted by atomic mass is 35.5. The molecule has 0 aliphatic heterocycles. The van der Waals surface area contributed by atoms with Crippen molar-refractivity contribution in [3.8, 4) is 0 Å². The molecule has 0 spiro atoms. The van der Waals surface area contributed by atoms with Crippen LogP contribution in [-0.4, -0.2) is 10.7 Å².